The molecule has 0 unspecified atom stereocenters. The number of halogens is 1. The maximum Gasteiger partial charge on any atom is 0.287 e. The molecule has 0 fully saturated rings. The first-order chi connectivity index (χ1) is 9.13. The lowest BCUT2D eigenvalue weighted by molar-refractivity contribution is 0.0926. The molecule has 1 aromatic carbocycles. The quantitative estimate of drug-likeness (QED) is 0.827. The van der Waals surface area contributed by atoms with Crippen molar-refractivity contribution in [2.45, 2.75) is 33.1 Å². The molecule has 0 saturated carbocycles. The first-order valence-electron chi connectivity index (χ1n) is 6.60. The van der Waals surface area contributed by atoms with E-state index in [1.165, 1.54) is 0 Å². The van der Waals surface area contributed by atoms with Gasteiger partial charge in [0.2, 0.25) is 0 Å². The van der Waals surface area contributed by atoms with Gasteiger partial charge in [-0.05, 0) is 31.5 Å². The Morgan fingerprint density at radius 2 is 2.16 bits per heavy atom. The molecular formula is C15H18BrNO2. The second-order valence-electron chi connectivity index (χ2n) is 4.66. The number of aryl methyl sites for hydroxylation is 1. The summed E-state index contributed by atoms with van der Waals surface area (Å²) in [6, 6.07) is 5.76. The first-order valence-corrected chi connectivity index (χ1v) is 7.39. The molecule has 0 aliphatic rings. The Balaban J connectivity index is 2.16. The Hall–Kier alpha value is -1.29. The van der Waals surface area contributed by atoms with Gasteiger partial charge in [-0.15, -0.1) is 0 Å². The molecule has 0 radical (unpaired) electrons. The van der Waals surface area contributed by atoms with Crippen molar-refractivity contribution in [2.75, 3.05) is 6.54 Å². The van der Waals surface area contributed by atoms with Crippen LogP contribution in [-0.4, -0.2) is 12.5 Å². The van der Waals surface area contributed by atoms with Crippen LogP contribution >= 0.6 is 15.9 Å². The summed E-state index contributed by atoms with van der Waals surface area (Å²) in [4.78, 5) is 12.1. The number of amides is 1. The standard InChI is InChI=1S/C15H18BrNO2/c1-3-4-5-8-17-15(18)14-10(2)12-9-11(16)6-7-13(12)19-14/h6-7,9H,3-5,8H2,1-2H3,(H,17,18). The summed E-state index contributed by atoms with van der Waals surface area (Å²) in [6.07, 6.45) is 3.28. The van der Waals surface area contributed by atoms with Gasteiger partial charge >= 0.3 is 0 Å². The van der Waals surface area contributed by atoms with Crippen LogP contribution in [0.2, 0.25) is 0 Å². The summed E-state index contributed by atoms with van der Waals surface area (Å²) in [5.41, 5.74) is 1.64. The Morgan fingerprint density at radius 3 is 2.89 bits per heavy atom. The van der Waals surface area contributed by atoms with Gasteiger partial charge in [0.15, 0.2) is 5.76 Å². The van der Waals surface area contributed by atoms with Crippen LogP contribution < -0.4 is 5.32 Å². The molecule has 0 spiro atoms. The number of fused-ring (bicyclic) bond motifs is 1. The van der Waals surface area contributed by atoms with Crippen molar-refractivity contribution in [2.24, 2.45) is 0 Å². The minimum atomic E-state index is -0.124. The average molecular weight is 324 g/mol. The zero-order valence-corrected chi connectivity index (χ0v) is 12.8. The monoisotopic (exact) mass is 323 g/mol. The summed E-state index contributed by atoms with van der Waals surface area (Å²) in [5.74, 6) is 0.297. The molecule has 1 N–H and O–H groups in total. The minimum absolute atomic E-state index is 0.124. The van der Waals surface area contributed by atoms with Gasteiger partial charge in [0, 0.05) is 22.0 Å². The number of rotatable bonds is 5. The van der Waals surface area contributed by atoms with E-state index < -0.39 is 0 Å². The Labute approximate surface area is 121 Å². The SMILES string of the molecule is CCCCCNC(=O)c1oc2ccc(Br)cc2c1C. The molecule has 102 valence electrons. The maximum absolute atomic E-state index is 12.1. The summed E-state index contributed by atoms with van der Waals surface area (Å²) >= 11 is 3.43. The van der Waals surface area contributed by atoms with Crippen LogP contribution in [0, 0.1) is 6.92 Å². The van der Waals surface area contributed by atoms with Crippen LogP contribution in [0.15, 0.2) is 27.1 Å². The molecule has 1 amide bonds. The number of nitrogens with one attached hydrogen (secondary N) is 1. The molecule has 0 bridgehead atoms. The van der Waals surface area contributed by atoms with Crippen molar-refractivity contribution < 1.29 is 9.21 Å². The van der Waals surface area contributed by atoms with Crippen molar-refractivity contribution in [3.05, 3.63) is 34.0 Å². The molecule has 1 heterocycles. The number of carbonyl (C=O) groups is 1. The Morgan fingerprint density at radius 1 is 1.37 bits per heavy atom. The highest BCUT2D eigenvalue weighted by Crippen LogP contribution is 2.27. The Bertz CT molecular complexity index is 589. The fourth-order valence-electron chi connectivity index (χ4n) is 2.07. The molecule has 0 saturated heterocycles. The number of hydrogen-bond donors (Lipinski definition) is 1. The van der Waals surface area contributed by atoms with Crippen LogP contribution in [0.1, 0.15) is 42.3 Å². The van der Waals surface area contributed by atoms with Crippen LogP contribution in [0.4, 0.5) is 0 Å². The smallest absolute Gasteiger partial charge is 0.287 e. The summed E-state index contributed by atoms with van der Waals surface area (Å²) in [5, 5.41) is 3.89. The van der Waals surface area contributed by atoms with Crippen molar-refractivity contribution in [3.8, 4) is 0 Å². The predicted octanol–water partition coefficient (Wildman–Crippen LogP) is 4.42. The number of benzene rings is 1. The van der Waals surface area contributed by atoms with E-state index in [1.807, 2.05) is 25.1 Å². The number of furan rings is 1. The normalized spacial score (nSPS) is 10.9. The van der Waals surface area contributed by atoms with Crippen molar-refractivity contribution >= 4 is 32.8 Å². The fraction of sp³-hybridized carbons (Fsp3) is 0.400. The van der Waals surface area contributed by atoms with E-state index in [1.54, 1.807) is 0 Å². The molecule has 0 aliphatic carbocycles. The van der Waals surface area contributed by atoms with E-state index in [0.29, 0.717) is 12.3 Å². The molecule has 0 aliphatic heterocycles. The third-order valence-corrected chi connectivity index (χ3v) is 3.66. The largest absolute Gasteiger partial charge is 0.451 e. The van der Waals surface area contributed by atoms with Gasteiger partial charge in [-0.25, -0.2) is 0 Å². The third-order valence-electron chi connectivity index (χ3n) is 3.17. The predicted molar refractivity (Wildman–Crippen MR) is 80.5 cm³/mol. The van der Waals surface area contributed by atoms with Crippen molar-refractivity contribution in [3.63, 3.8) is 0 Å². The molecule has 3 nitrogen and oxygen atoms in total. The molecule has 4 heteroatoms. The first kappa shape index (κ1) is 14.1. The average Bonchev–Trinajstić information content (AvgIpc) is 2.72. The molecule has 19 heavy (non-hydrogen) atoms. The highest BCUT2D eigenvalue weighted by Gasteiger charge is 2.17. The maximum atomic E-state index is 12.1. The molecule has 2 rings (SSSR count). The summed E-state index contributed by atoms with van der Waals surface area (Å²) in [6.45, 7) is 4.76. The van der Waals surface area contributed by atoms with Gasteiger partial charge in [-0.1, -0.05) is 35.7 Å². The van der Waals surface area contributed by atoms with Gasteiger partial charge < -0.3 is 9.73 Å². The van der Waals surface area contributed by atoms with E-state index in [2.05, 4.69) is 28.2 Å². The van der Waals surface area contributed by atoms with Crippen molar-refractivity contribution in [1.29, 1.82) is 0 Å². The van der Waals surface area contributed by atoms with E-state index in [-0.39, 0.29) is 5.91 Å². The highest BCUT2D eigenvalue weighted by atomic mass is 79.9. The lowest BCUT2D eigenvalue weighted by atomic mass is 10.1. The number of carbonyl (C=O) groups excluding carboxylic acids is 1. The van der Waals surface area contributed by atoms with Gasteiger partial charge in [0.25, 0.3) is 5.91 Å². The lowest BCUT2D eigenvalue weighted by Crippen LogP contribution is -2.24. The molecule has 2 aromatic rings. The van der Waals surface area contributed by atoms with E-state index in [0.717, 1.165) is 40.3 Å². The van der Waals surface area contributed by atoms with Crippen molar-refractivity contribution in [1.82, 2.24) is 5.32 Å². The zero-order valence-electron chi connectivity index (χ0n) is 11.3. The second kappa shape index (κ2) is 6.24. The van der Waals surface area contributed by atoms with Crippen LogP contribution in [0.25, 0.3) is 11.0 Å². The highest BCUT2D eigenvalue weighted by molar-refractivity contribution is 9.10. The molecular weight excluding hydrogens is 306 g/mol. The van der Waals surface area contributed by atoms with E-state index in [9.17, 15) is 4.79 Å². The van der Waals surface area contributed by atoms with E-state index in [4.69, 9.17) is 4.42 Å². The number of hydrogen-bond acceptors (Lipinski definition) is 2. The van der Waals surface area contributed by atoms with Gasteiger partial charge in [-0.3, -0.25) is 4.79 Å². The van der Waals surface area contributed by atoms with Gasteiger partial charge in [0.1, 0.15) is 5.58 Å². The molecule has 0 atom stereocenters. The lowest BCUT2D eigenvalue weighted by Gasteiger charge is -2.02. The Kier molecular flexibility index (Phi) is 4.64. The fourth-order valence-corrected chi connectivity index (χ4v) is 2.43. The summed E-state index contributed by atoms with van der Waals surface area (Å²) in [7, 11) is 0. The topological polar surface area (TPSA) is 42.2 Å². The third kappa shape index (κ3) is 3.18. The van der Waals surface area contributed by atoms with E-state index >= 15 is 0 Å². The van der Waals surface area contributed by atoms with Gasteiger partial charge in [0.05, 0.1) is 0 Å². The number of unbranched alkanes of at least 4 members (excludes halogenated alkanes) is 2. The second-order valence-corrected chi connectivity index (χ2v) is 5.58. The van der Waals surface area contributed by atoms with Crippen LogP contribution in [0.3, 0.4) is 0 Å². The van der Waals surface area contributed by atoms with Crippen LogP contribution in [-0.2, 0) is 0 Å². The minimum Gasteiger partial charge on any atom is -0.451 e. The van der Waals surface area contributed by atoms with Crippen LogP contribution in [0.5, 0.6) is 0 Å². The zero-order chi connectivity index (χ0) is 13.8. The van der Waals surface area contributed by atoms with Gasteiger partial charge in [-0.2, -0.15) is 0 Å². The summed E-state index contributed by atoms with van der Waals surface area (Å²) < 4.78 is 6.62. The molecule has 1 aromatic heterocycles.